The molecule has 0 spiro atoms. The van der Waals surface area contributed by atoms with Crippen molar-refractivity contribution in [1.82, 2.24) is 19.9 Å². The quantitative estimate of drug-likeness (QED) is 0.468. The van der Waals surface area contributed by atoms with Crippen LogP contribution in [0.1, 0.15) is 22.9 Å². The maximum Gasteiger partial charge on any atom is 0.320 e. The highest BCUT2D eigenvalue weighted by molar-refractivity contribution is 6.31. The number of nitrogens with zero attached hydrogens (tertiary/aromatic N) is 3. The van der Waals surface area contributed by atoms with Crippen molar-refractivity contribution < 1.29 is 4.79 Å². The molecule has 2 aromatic heterocycles. The minimum atomic E-state index is -0.555. The number of imidazole rings is 1. The number of nitrogens with one attached hydrogen (secondary N) is 2. The van der Waals surface area contributed by atoms with Gasteiger partial charge < -0.3 is 10.6 Å². The number of hydrogen-bond acceptors (Lipinski definition) is 3. The van der Waals surface area contributed by atoms with Crippen LogP contribution in [0, 0.1) is 6.92 Å². The van der Waals surface area contributed by atoms with E-state index in [0.29, 0.717) is 27.1 Å². The molecule has 2 N–H and O–H groups in total. The topological polar surface area (TPSA) is 71.3 Å². The summed E-state index contributed by atoms with van der Waals surface area (Å²) in [5, 5.41) is 11.3. The molecule has 2 aromatic carbocycles. The number of fused-ring (bicyclic) bond motifs is 1. The van der Waals surface area contributed by atoms with Crippen LogP contribution in [-0.2, 0) is 0 Å². The Morgan fingerprint density at radius 1 is 1.07 bits per heavy atom. The fourth-order valence-electron chi connectivity index (χ4n) is 3.18. The van der Waals surface area contributed by atoms with Crippen molar-refractivity contribution in [1.29, 1.82) is 0 Å². The first kappa shape index (κ1) is 19.2. The van der Waals surface area contributed by atoms with E-state index >= 15 is 0 Å². The molecule has 0 fully saturated rings. The number of carbonyl (C=O) groups is 1. The molecule has 0 saturated heterocycles. The maximum atomic E-state index is 12.8. The number of aryl methyl sites for hydroxylation is 1. The SMILES string of the molecule is Cc1cccc(Cl)c1C(NC(=O)Nc1ccc(Cl)cc1)c1cnc2cccnn12. The van der Waals surface area contributed by atoms with Gasteiger partial charge in [-0.25, -0.2) is 14.3 Å². The highest BCUT2D eigenvalue weighted by Gasteiger charge is 2.25. The lowest BCUT2D eigenvalue weighted by Gasteiger charge is -2.22. The molecule has 0 aliphatic carbocycles. The van der Waals surface area contributed by atoms with Gasteiger partial charge in [-0.05, 0) is 55.0 Å². The molecule has 6 nitrogen and oxygen atoms in total. The Labute approximate surface area is 177 Å². The average Bonchev–Trinajstić information content (AvgIpc) is 3.13. The Balaban J connectivity index is 1.72. The van der Waals surface area contributed by atoms with Crippen LogP contribution in [0.25, 0.3) is 5.65 Å². The third-order valence-corrected chi connectivity index (χ3v) is 5.12. The number of anilines is 1. The van der Waals surface area contributed by atoms with E-state index in [1.807, 2.05) is 31.2 Å². The van der Waals surface area contributed by atoms with Gasteiger partial charge in [0.05, 0.1) is 11.9 Å². The van der Waals surface area contributed by atoms with Crippen molar-refractivity contribution in [3.63, 3.8) is 0 Å². The third kappa shape index (κ3) is 4.04. The first-order chi connectivity index (χ1) is 14.0. The van der Waals surface area contributed by atoms with Crippen LogP contribution < -0.4 is 10.6 Å². The molecule has 4 aromatic rings. The van der Waals surface area contributed by atoms with Gasteiger partial charge in [0.1, 0.15) is 6.04 Å². The molecular formula is C21H17Cl2N5O. The molecular weight excluding hydrogens is 409 g/mol. The predicted molar refractivity (Wildman–Crippen MR) is 115 cm³/mol. The van der Waals surface area contributed by atoms with E-state index in [0.717, 1.165) is 11.1 Å². The lowest BCUT2D eigenvalue weighted by atomic mass is 9.99. The van der Waals surface area contributed by atoms with E-state index in [-0.39, 0.29) is 6.03 Å². The molecule has 0 bridgehead atoms. The molecule has 1 unspecified atom stereocenters. The number of benzene rings is 2. The number of halogens is 2. The second-order valence-corrected chi connectivity index (χ2v) is 7.33. The summed E-state index contributed by atoms with van der Waals surface area (Å²) in [7, 11) is 0. The predicted octanol–water partition coefficient (Wildman–Crippen LogP) is 5.26. The van der Waals surface area contributed by atoms with Crippen molar-refractivity contribution >= 4 is 40.6 Å². The summed E-state index contributed by atoms with van der Waals surface area (Å²) in [5.41, 5.74) is 3.73. The Kier molecular flexibility index (Phi) is 5.38. The van der Waals surface area contributed by atoms with Crippen LogP contribution >= 0.6 is 23.2 Å². The van der Waals surface area contributed by atoms with Gasteiger partial charge in [0.25, 0.3) is 0 Å². The largest absolute Gasteiger partial charge is 0.325 e. The van der Waals surface area contributed by atoms with Crippen molar-refractivity contribution in [3.8, 4) is 0 Å². The number of rotatable bonds is 4. The van der Waals surface area contributed by atoms with Gasteiger partial charge in [-0.15, -0.1) is 0 Å². The first-order valence-electron chi connectivity index (χ1n) is 8.89. The van der Waals surface area contributed by atoms with Crippen molar-refractivity contribution in [2.45, 2.75) is 13.0 Å². The third-order valence-electron chi connectivity index (χ3n) is 4.54. The number of hydrogen-bond donors (Lipinski definition) is 2. The minimum absolute atomic E-state index is 0.387. The Morgan fingerprint density at radius 3 is 2.62 bits per heavy atom. The summed E-state index contributed by atoms with van der Waals surface area (Å²) in [6.07, 6.45) is 3.36. The van der Waals surface area contributed by atoms with E-state index in [2.05, 4.69) is 20.7 Å². The summed E-state index contributed by atoms with van der Waals surface area (Å²) < 4.78 is 1.69. The van der Waals surface area contributed by atoms with E-state index in [9.17, 15) is 4.79 Å². The number of urea groups is 1. The lowest BCUT2D eigenvalue weighted by Crippen LogP contribution is -2.34. The number of aromatic nitrogens is 3. The van der Waals surface area contributed by atoms with Crippen LogP contribution in [0.2, 0.25) is 10.0 Å². The molecule has 29 heavy (non-hydrogen) atoms. The lowest BCUT2D eigenvalue weighted by molar-refractivity contribution is 0.250. The van der Waals surface area contributed by atoms with E-state index in [1.54, 1.807) is 47.2 Å². The number of carbonyl (C=O) groups excluding carboxylic acids is 1. The van der Waals surface area contributed by atoms with Gasteiger partial charge in [-0.3, -0.25) is 0 Å². The van der Waals surface area contributed by atoms with E-state index in [1.165, 1.54) is 0 Å². The maximum absolute atomic E-state index is 12.8. The summed E-state index contributed by atoms with van der Waals surface area (Å²) in [4.78, 5) is 17.2. The second kappa shape index (κ2) is 8.11. The average molecular weight is 426 g/mol. The molecule has 2 heterocycles. The monoisotopic (exact) mass is 425 g/mol. The summed E-state index contributed by atoms with van der Waals surface area (Å²) >= 11 is 12.4. The van der Waals surface area contributed by atoms with Crippen LogP contribution in [0.15, 0.2) is 67.0 Å². The van der Waals surface area contributed by atoms with Gasteiger partial charge in [0.15, 0.2) is 5.65 Å². The molecule has 0 aliphatic heterocycles. The second-order valence-electron chi connectivity index (χ2n) is 6.49. The van der Waals surface area contributed by atoms with Gasteiger partial charge in [0, 0.05) is 27.5 Å². The summed E-state index contributed by atoms with van der Waals surface area (Å²) in [5.74, 6) is 0. The smallest absolute Gasteiger partial charge is 0.320 e. The summed E-state index contributed by atoms with van der Waals surface area (Å²) in [6, 6.07) is 15.2. The molecule has 146 valence electrons. The Bertz CT molecular complexity index is 1150. The zero-order valence-corrected chi connectivity index (χ0v) is 16.9. The standard InChI is InChI=1S/C21H17Cl2N5O/c1-13-4-2-5-16(23)19(13)20(17-12-24-18-6-3-11-25-28(17)18)27-21(29)26-15-9-7-14(22)8-10-15/h2-12,20H,1H3,(H2,26,27,29). The molecule has 0 radical (unpaired) electrons. The highest BCUT2D eigenvalue weighted by Crippen LogP contribution is 2.31. The fraction of sp³-hybridized carbons (Fsp3) is 0.0952. The van der Waals surface area contributed by atoms with E-state index < -0.39 is 6.04 Å². The van der Waals surface area contributed by atoms with E-state index in [4.69, 9.17) is 23.2 Å². The van der Waals surface area contributed by atoms with Crippen LogP contribution in [0.4, 0.5) is 10.5 Å². The molecule has 2 amide bonds. The Morgan fingerprint density at radius 2 is 1.86 bits per heavy atom. The molecule has 0 aliphatic rings. The van der Waals surface area contributed by atoms with Crippen LogP contribution in [0.3, 0.4) is 0 Å². The van der Waals surface area contributed by atoms with Crippen LogP contribution in [0.5, 0.6) is 0 Å². The molecule has 1 atom stereocenters. The molecule has 8 heteroatoms. The van der Waals surface area contributed by atoms with Gasteiger partial charge in [0.2, 0.25) is 0 Å². The summed E-state index contributed by atoms with van der Waals surface area (Å²) in [6.45, 7) is 1.95. The Hall–Kier alpha value is -3.09. The molecule has 0 saturated carbocycles. The zero-order valence-electron chi connectivity index (χ0n) is 15.4. The number of amides is 2. The minimum Gasteiger partial charge on any atom is -0.325 e. The van der Waals surface area contributed by atoms with Gasteiger partial charge in [-0.2, -0.15) is 5.10 Å². The van der Waals surface area contributed by atoms with Crippen molar-refractivity contribution in [3.05, 3.63) is 93.9 Å². The highest BCUT2D eigenvalue weighted by atomic mass is 35.5. The first-order valence-corrected chi connectivity index (χ1v) is 9.65. The fourth-order valence-corrected chi connectivity index (χ4v) is 3.64. The van der Waals surface area contributed by atoms with Crippen LogP contribution in [-0.4, -0.2) is 20.6 Å². The molecule has 4 rings (SSSR count). The van der Waals surface area contributed by atoms with Gasteiger partial charge in [-0.1, -0.05) is 35.3 Å². The van der Waals surface area contributed by atoms with Gasteiger partial charge >= 0.3 is 6.03 Å². The normalized spacial score (nSPS) is 12.0. The van der Waals surface area contributed by atoms with Crippen molar-refractivity contribution in [2.75, 3.05) is 5.32 Å². The zero-order chi connectivity index (χ0) is 20.4. The van der Waals surface area contributed by atoms with Crippen molar-refractivity contribution in [2.24, 2.45) is 0 Å².